The van der Waals surface area contributed by atoms with Gasteiger partial charge in [0.25, 0.3) is 0 Å². The fourth-order valence-corrected chi connectivity index (χ4v) is 2.29. The average molecular weight is 248 g/mol. The maximum Gasteiger partial charge on any atom is 0.229 e. The number of anilines is 1. The Morgan fingerprint density at radius 2 is 2.22 bits per heavy atom. The van der Waals surface area contributed by atoms with Crippen molar-refractivity contribution in [1.29, 1.82) is 0 Å². The van der Waals surface area contributed by atoms with E-state index in [1.807, 2.05) is 25.1 Å². The molecule has 1 aliphatic heterocycles. The third-order valence-electron chi connectivity index (χ3n) is 3.47. The van der Waals surface area contributed by atoms with E-state index < -0.39 is 0 Å². The number of aryl methyl sites for hydroxylation is 1. The summed E-state index contributed by atoms with van der Waals surface area (Å²) in [6.45, 7) is 5.75. The molecule has 0 radical (unpaired) electrons. The van der Waals surface area contributed by atoms with Crippen LogP contribution in [0.1, 0.15) is 12.5 Å². The summed E-state index contributed by atoms with van der Waals surface area (Å²) in [4.78, 5) is 12.2. The number of carbonyl (C=O) groups is 1. The summed E-state index contributed by atoms with van der Waals surface area (Å²) >= 11 is 0. The third kappa shape index (κ3) is 2.64. The molecular weight excluding hydrogens is 228 g/mol. The summed E-state index contributed by atoms with van der Waals surface area (Å²) in [7, 11) is 1.62. The van der Waals surface area contributed by atoms with Crippen LogP contribution in [0.3, 0.4) is 0 Å². The normalized spacial score (nSPS) is 22.8. The molecule has 98 valence electrons. The molecule has 2 N–H and O–H groups in total. The second-order valence-electron chi connectivity index (χ2n) is 4.94. The predicted octanol–water partition coefficient (Wildman–Crippen LogP) is 1.80. The minimum atomic E-state index is 0.0380. The monoisotopic (exact) mass is 248 g/mol. The van der Waals surface area contributed by atoms with Gasteiger partial charge in [-0.1, -0.05) is 13.0 Å². The van der Waals surface area contributed by atoms with Gasteiger partial charge in [0.05, 0.1) is 18.7 Å². The van der Waals surface area contributed by atoms with Crippen LogP contribution in [0.25, 0.3) is 0 Å². The standard InChI is InChI=1S/C14H20N2O2/c1-9-4-5-12(13(6-9)18-3)16-14(17)11-8-15-7-10(11)2/h4-6,10-11,15H,7-8H2,1-3H3,(H,16,17)/t10-,11-/m1/s1. The second kappa shape index (κ2) is 5.40. The van der Waals surface area contributed by atoms with E-state index in [4.69, 9.17) is 4.74 Å². The highest BCUT2D eigenvalue weighted by atomic mass is 16.5. The number of hydrogen-bond donors (Lipinski definition) is 2. The van der Waals surface area contributed by atoms with Gasteiger partial charge in [-0.05, 0) is 37.1 Å². The highest BCUT2D eigenvalue weighted by molar-refractivity contribution is 5.94. The Kier molecular flexibility index (Phi) is 3.87. The summed E-state index contributed by atoms with van der Waals surface area (Å²) in [5.74, 6) is 1.19. The molecule has 1 heterocycles. The number of benzene rings is 1. The summed E-state index contributed by atoms with van der Waals surface area (Å²) in [5.41, 5.74) is 1.85. The van der Waals surface area contributed by atoms with Crippen molar-refractivity contribution in [2.24, 2.45) is 11.8 Å². The Hall–Kier alpha value is -1.55. The summed E-state index contributed by atoms with van der Waals surface area (Å²) in [5, 5.41) is 6.19. The first-order chi connectivity index (χ1) is 8.61. The van der Waals surface area contributed by atoms with E-state index in [0.717, 1.165) is 24.3 Å². The van der Waals surface area contributed by atoms with Gasteiger partial charge in [-0.25, -0.2) is 0 Å². The van der Waals surface area contributed by atoms with Crippen molar-refractivity contribution in [2.75, 3.05) is 25.5 Å². The molecule has 0 spiro atoms. The van der Waals surface area contributed by atoms with Crippen LogP contribution in [0.15, 0.2) is 18.2 Å². The van der Waals surface area contributed by atoms with Gasteiger partial charge >= 0.3 is 0 Å². The van der Waals surface area contributed by atoms with Crippen LogP contribution in [0, 0.1) is 18.8 Å². The summed E-state index contributed by atoms with van der Waals surface area (Å²) in [6, 6.07) is 5.78. The number of rotatable bonds is 3. The highest BCUT2D eigenvalue weighted by Gasteiger charge is 2.29. The first-order valence-corrected chi connectivity index (χ1v) is 6.28. The molecule has 1 amide bonds. The zero-order valence-corrected chi connectivity index (χ0v) is 11.1. The molecule has 2 atom stereocenters. The van der Waals surface area contributed by atoms with Gasteiger partial charge in [-0.15, -0.1) is 0 Å². The van der Waals surface area contributed by atoms with Crippen molar-refractivity contribution in [3.63, 3.8) is 0 Å². The fraction of sp³-hybridized carbons (Fsp3) is 0.500. The Balaban J connectivity index is 2.11. The van der Waals surface area contributed by atoms with Crippen molar-refractivity contribution < 1.29 is 9.53 Å². The van der Waals surface area contributed by atoms with Crippen molar-refractivity contribution >= 4 is 11.6 Å². The largest absolute Gasteiger partial charge is 0.495 e. The molecule has 0 aliphatic carbocycles. The smallest absolute Gasteiger partial charge is 0.229 e. The van der Waals surface area contributed by atoms with Crippen LogP contribution < -0.4 is 15.4 Å². The van der Waals surface area contributed by atoms with Gasteiger partial charge in [-0.3, -0.25) is 4.79 Å². The Labute approximate surface area is 108 Å². The molecule has 4 heteroatoms. The molecule has 1 aromatic carbocycles. The van der Waals surface area contributed by atoms with Gasteiger partial charge in [0.1, 0.15) is 5.75 Å². The van der Waals surface area contributed by atoms with Gasteiger partial charge in [0, 0.05) is 6.54 Å². The zero-order chi connectivity index (χ0) is 13.1. The van der Waals surface area contributed by atoms with Crippen LogP contribution in [-0.4, -0.2) is 26.1 Å². The van der Waals surface area contributed by atoms with E-state index in [-0.39, 0.29) is 11.8 Å². The molecule has 0 bridgehead atoms. The van der Waals surface area contributed by atoms with Crippen LogP contribution in [0.5, 0.6) is 5.75 Å². The Morgan fingerprint density at radius 1 is 1.44 bits per heavy atom. The number of hydrogen-bond acceptors (Lipinski definition) is 3. The third-order valence-corrected chi connectivity index (χ3v) is 3.47. The van der Waals surface area contributed by atoms with Crippen molar-refractivity contribution in [3.8, 4) is 5.75 Å². The quantitative estimate of drug-likeness (QED) is 0.857. The number of methoxy groups -OCH3 is 1. The van der Waals surface area contributed by atoms with Crippen LogP contribution in [0.4, 0.5) is 5.69 Å². The van der Waals surface area contributed by atoms with Crippen LogP contribution in [-0.2, 0) is 4.79 Å². The SMILES string of the molecule is COc1cc(C)ccc1NC(=O)[C@@H]1CNC[C@H]1C. The molecule has 1 fully saturated rings. The lowest BCUT2D eigenvalue weighted by molar-refractivity contribution is -0.120. The average Bonchev–Trinajstić information content (AvgIpc) is 2.77. The molecule has 1 aliphatic rings. The molecule has 1 saturated heterocycles. The number of nitrogens with one attached hydrogen (secondary N) is 2. The topological polar surface area (TPSA) is 50.4 Å². The van der Waals surface area contributed by atoms with Gasteiger partial charge < -0.3 is 15.4 Å². The molecule has 2 rings (SSSR count). The van der Waals surface area contributed by atoms with Crippen LogP contribution in [0.2, 0.25) is 0 Å². The van der Waals surface area contributed by atoms with E-state index >= 15 is 0 Å². The van der Waals surface area contributed by atoms with E-state index in [9.17, 15) is 4.79 Å². The number of amides is 1. The van der Waals surface area contributed by atoms with E-state index in [1.54, 1.807) is 7.11 Å². The lowest BCUT2D eigenvalue weighted by atomic mass is 9.97. The van der Waals surface area contributed by atoms with Crippen molar-refractivity contribution in [2.45, 2.75) is 13.8 Å². The Bertz CT molecular complexity index is 445. The molecule has 18 heavy (non-hydrogen) atoms. The van der Waals surface area contributed by atoms with Gasteiger partial charge in [0.2, 0.25) is 5.91 Å². The van der Waals surface area contributed by atoms with Gasteiger partial charge in [-0.2, -0.15) is 0 Å². The maximum atomic E-state index is 12.2. The summed E-state index contributed by atoms with van der Waals surface area (Å²) < 4.78 is 5.29. The number of carbonyl (C=O) groups excluding carboxylic acids is 1. The molecule has 1 aromatic rings. The minimum Gasteiger partial charge on any atom is -0.495 e. The van der Waals surface area contributed by atoms with E-state index in [0.29, 0.717) is 11.7 Å². The molecule has 4 nitrogen and oxygen atoms in total. The highest BCUT2D eigenvalue weighted by Crippen LogP contribution is 2.27. The van der Waals surface area contributed by atoms with E-state index in [1.165, 1.54) is 0 Å². The second-order valence-corrected chi connectivity index (χ2v) is 4.94. The minimum absolute atomic E-state index is 0.0380. The van der Waals surface area contributed by atoms with Crippen LogP contribution >= 0.6 is 0 Å². The fourth-order valence-electron chi connectivity index (χ4n) is 2.29. The number of ether oxygens (including phenoxy) is 1. The zero-order valence-electron chi connectivity index (χ0n) is 11.1. The first kappa shape index (κ1) is 12.9. The van der Waals surface area contributed by atoms with E-state index in [2.05, 4.69) is 17.6 Å². The lowest BCUT2D eigenvalue weighted by Gasteiger charge is -2.16. The van der Waals surface area contributed by atoms with Gasteiger partial charge in [0.15, 0.2) is 0 Å². The molecular formula is C14H20N2O2. The molecule has 0 aromatic heterocycles. The maximum absolute atomic E-state index is 12.2. The Morgan fingerprint density at radius 3 is 2.83 bits per heavy atom. The van der Waals surface area contributed by atoms with Crippen molar-refractivity contribution in [1.82, 2.24) is 5.32 Å². The van der Waals surface area contributed by atoms with Crippen molar-refractivity contribution in [3.05, 3.63) is 23.8 Å². The molecule has 0 saturated carbocycles. The summed E-state index contributed by atoms with van der Waals surface area (Å²) in [6.07, 6.45) is 0. The predicted molar refractivity (Wildman–Crippen MR) is 71.9 cm³/mol. The first-order valence-electron chi connectivity index (χ1n) is 6.28. The molecule has 0 unspecified atom stereocenters. The lowest BCUT2D eigenvalue weighted by Crippen LogP contribution is -2.28.